The van der Waals surface area contributed by atoms with Crippen LogP contribution in [0.3, 0.4) is 0 Å². The van der Waals surface area contributed by atoms with Crippen LogP contribution in [0.15, 0.2) is 97.2 Å². The SMILES string of the molecule is CCn1c2ccccc2c2cc(-n3cc(Cn4c5ccccc5c5ccccc54)nn3)ccc21. The van der Waals surface area contributed by atoms with Gasteiger partial charge in [-0.05, 0) is 43.3 Å². The predicted octanol–water partition coefficient (Wildman–Crippen LogP) is 6.55. The lowest BCUT2D eigenvalue weighted by Gasteiger charge is -2.05. The molecular formula is C29H23N5. The van der Waals surface area contributed by atoms with Crippen molar-refractivity contribution in [2.75, 3.05) is 0 Å². The third kappa shape index (κ3) is 2.73. The van der Waals surface area contributed by atoms with Crippen molar-refractivity contribution in [3.05, 3.63) is 103 Å². The zero-order valence-corrected chi connectivity index (χ0v) is 18.9. The Bertz CT molecular complexity index is 1780. The van der Waals surface area contributed by atoms with Gasteiger partial charge in [0, 0.05) is 50.2 Å². The quantitative estimate of drug-likeness (QED) is 0.311. The second-order valence-corrected chi connectivity index (χ2v) is 8.74. The van der Waals surface area contributed by atoms with Crippen LogP contribution in [-0.2, 0) is 13.1 Å². The number of benzene rings is 4. The molecule has 0 fully saturated rings. The van der Waals surface area contributed by atoms with E-state index < -0.39 is 0 Å². The third-order valence-electron chi connectivity index (χ3n) is 6.88. The van der Waals surface area contributed by atoms with Gasteiger partial charge in [0.05, 0.1) is 18.4 Å². The Morgan fingerprint density at radius 2 is 1.18 bits per heavy atom. The minimum absolute atomic E-state index is 0.672. The van der Waals surface area contributed by atoms with E-state index in [0.29, 0.717) is 6.54 Å². The zero-order chi connectivity index (χ0) is 22.6. The molecule has 164 valence electrons. The number of aryl methyl sites for hydroxylation is 1. The molecule has 0 saturated heterocycles. The maximum atomic E-state index is 4.53. The van der Waals surface area contributed by atoms with Crippen LogP contribution in [0.4, 0.5) is 0 Å². The molecule has 3 aromatic heterocycles. The fourth-order valence-electron chi connectivity index (χ4n) is 5.36. The van der Waals surface area contributed by atoms with Crippen LogP contribution in [-0.4, -0.2) is 24.1 Å². The average molecular weight is 442 g/mol. The van der Waals surface area contributed by atoms with Crippen molar-refractivity contribution in [1.29, 1.82) is 0 Å². The molecule has 5 heteroatoms. The molecule has 0 aliphatic rings. The molecule has 0 N–H and O–H groups in total. The highest BCUT2D eigenvalue weighted by atomic mass is 15.4. The fraction of sp³-hybridized carbons (Fsp3) is 0.103. The van der Waals surface area contributed by atoms with Crippen molar-refractivity contribution < 1.29 is 0 Å². The Balaban J connectivity index is 1.32. The lowest BCUT2D eigenvalue weighted by atomic mass is 10.1. The molecule has 0 unspecified atom stereocenters. The van der Waals surface area contributed by atoms with Gasteiger partial charge in [-0.25, -0.2) is 4.68 Å². The zero-order valence-electron chi connectivity index (χ0n) is 18.9. The van der Waals surface area contributed by atoms with Crippen molar-refractivity contribution in [3.8, 4) is 5.69 Å². The molecular weight excluding hydrogens is 418 g/mol. The molecule has 0 saturated carbocycles. The van der Waals surface area contributed by atoms with Crippen LogP contribution in [0.2, 0.25) is 0 Å². The van der Waals surface area contributed by atoms with Crippen LogP contribution in [0, 0.1) is 0 Å². The Kier molecular flexibility index (Phi) is 4.12. The molecule has 3 heterocycles. The van der Waals surface area contributed by atoms with E-state index in [2.05, 4.69) is 117 Å². The highest BCUT2D eigenvalue weighted by Crippen LogP contribution is 2.31. The number of hydrogen-bond donors (Lipinski definition) is 0. The van der Waals surface area contributed by atoms with Gasteiger partial charge in [-0.15, -0.1) is 5.10 Å². The van der Waals surface area contributed by atoms with Crippen molar-refractivity contribution in [2.24, 2.45) is 0 Å². The largest absolute Gasteiger partial charge is 0.341 e. The van der Waals surface area contributed by atoms with Crippen molar-refractivity contribution in [2.45, 2.75) is 20.0 Å². The summed E-state index contributed by atoms with van der Waals surface area (Å²) in [5.41, 5.74) is 6.90. The molecule has 4 aromatic carbocycles. The summed E-state index contributed by atoms with van der Waals surface area (Å²) in [5.74, 6) is 0. The Morgan fingerprint density at radius 1 is 0.618 bits per heavy atom. The average Bonchev–Trinajstić information content (AvgIpc) is 3.57. The van der Waals surface area contributed by atoms with Crippen LogP contribution < -0.4 is 0 Å². The monoisotopic (exact) mass is 441 g/mol. The first-order chi connectivity index (χ1) is 16.8. The number of rotatable bonds is 4. The maximum Gasteiger partial charge on any atom is 0.103 e. The smallest absolute Gasteiger partial charge is 0.103 e. The third-order valence-corrected chi connectivity index (χ3v) is 6.88. The first-order valence-corrected chi connectivity index (χ1v) is 11.7. The van der Waals surface area contributed by atoms with Crippen LogP contribution >= 0.6 is 0 Å². The summed E-state index contributed by atoms with van der Waals surface area (Å²) in [6, 6.07) is 32.3. The van der Waals surface area contributed by atoms with E-state index in [4.69, 9.17) is 0 Å². The number of hydrogen-bond acceptors (Lipinski definition) is 2. The molecule has 34 heavy (non-hydrogen) atoms. The number of nitrogens with zero attached hydrogens (tertiary/aromatic N) is 5. The second kappa shape index (κ2) is 7.32. The molecule has 5 nitrogen and oxygen atoms in total. The van der Waals surface area contributed by atoms with Gasteiger partial charge in [0.2, 0.25) is 0 Å². The molecule has 0 aliphatic carbocycles. The standard InChI is InChI=1S/C29H23N5/c1-2-32-26-12-6-5-11-24(26)25-17-21(15-16-29(25)32)34-19-20(30-31-34)18-33-27-13-7-3-9-22(27)23-10-4-8-14-28(23)33/h3-17,19H,2,18H2,1H3. The van der Waals surface area contributed by atoms with Gasteiger partial charge in [0.1, 0.15) is 5.69 Å². The Hall–Kier alpha value is -4.38. The van der Waals surface area contributed by atoms with Gasteiger partial charge >= 0.3 is 0 Å². The van der Waals surface area contributed by atoms with E-state index >= 15 is 0 Å². The summed E-state index contributed by atoms with van der Waals surface area (Å²) >= 11 is 0. The lowest BCUT2D eigenvalue weighted by molar-refractivity contribution is 0.783. The molecule has 7 aromatic rings. The molecule has 0 spiro atoms. The number of aromatic nitrogens is 5. The van der Waals surface area contributed by atoms with Gasteiger partial charge in [-0.3, -0.25) is 0 Å². The van der Waals surface area contributed by atoms with Gasteiger partial charge < -0.3 is 9.13 Å². The first-order valence-electron chi connectivity index (χ1n) is 11.7. The van der Waals surface area contributed by atoms with E-state index in [0.717, 1.165) is 17.9 Å². The molecule has 7 rings (SSSR count). The van der Waals surface area contributed by atoms with Crippen molar-refractivity contribution in [1.82, 2.24) is 24.1 Å². The maximum absolute atomic E-state index is 4.53. The fourth-order valence-corrected chi connectivity index (χ4v) is 5.36. The highest BCUT2D eigenvalue weighted by Gasteiger charge is 2.14. The summed E-state index contributed by atoms with van der Waals surface area (Å²) < 4.78 is 6.58. The van der Waals surface area contributed by atoms with E-state index in [1.807, 2.05) is 10.9 Å². The minimum Gasteiger partial charge on any atom is -0.341 e. The second-order valence-electron chi connectivity index (χ2n) is 8.74. The summed E-state index contributed by atoms with van der Waals surface area (Å²) in [7, 11) is 0. The van der Waals surface area contributed by atoms with Crippen LogP contribution in [0.5, 0.6) is 0 Å². The number of para-hydroxylation sites is 3. The van der Waals surface area contributed by atoms with E-state index in [9.17, 15) is 0 Å². The van der Waals surface area contributed by atoms with E-state index in [1.165, 1.54) is 43.6 Å². The minimum atomic E-state index is 0.672. The van der Waals surface area contributed by atoms with E-state index in [-0.39, 0.29) is 0 Å². The lowest BCUT2D eigenvalue weighted by Crippen LogP contribution is -1.99. The van der Waals surface area contributed by atoms with E-state index in [1.54, 1.807) is 0 Å². The van der Waals surface area contributed by atoms with Gasteiger partial charge in [-0.2, -0.15) is 0 Å². The van der Waals surface area contributed by atoms with Gasteiger partial charge in [0.15, 0.2) is 0 Å². The van der Waals surface area contributed by atoms with Gasteiger partial charge in [0.25, 0.3) is 0 Å². The summed E-state index contributed by atoms with van der Waals surface area (Å²) in [4.78, 5) is 0. The van der Waals surface area contributed by atoms with Crippen molar-refractivity contribution in [3.63, 3.8) is 0 Å². The topological polar surface area (TPSA) is 40.6 Å². The summed E-state index contributed by atoms with van der Waals surface area (Å²) in [6.07, 6.45) is 2.05. The van der Waals surface area contributed by atoms with Crippen LogP contribution in [0.25, 0.3) is 49.3 Å². The first kappa shape index (κ1) is 19.1. The number of fused-ring (bicyclic) bond motifs is 6. The summed E-state index contributed by atoms with van der Waals surface area (Å²) in [6.45, 7) is 3.80. The molecule has 0 bridgehead atoms. The molecule has 0 radical (unpaired) electrons. The van der Waals surface area contributed by atoms with Crippen LogP contribution in [0.1, 0.15) is 12.6 Å². The predicted molar refractivity (Wildman–Crippen MR) is 139 cm³/mol. The van der Waals surface area contributed by atoms with Crippen molar-refractivity contribution >= 4 is 43.6 Å². The van der Waals surface area contributed by atoms with Gasteiger partial charge in [-0.1, -0.05) is 59.8 Å². The molecule has 0 amide bonds. The molecule has 0 aliphatic heterocycles. The highest BCUT2D eigenvalue weighted by molar-refractivity contribution is 6.09. The molecule has 0 atom stereocenters. The Morgan fingerprint density at radius 3 is 1.82 bits per heavy atom. The normalized spacial score (nSPS) is 11.9. The summed E-state index contributed by atoms with van der Waals surface area (Å²) in [5, 5.41) is 14.1. The Labute approximate surface area is 196 Å².